The van der Waals surface area contributed by atoms with E-state index in [1.54, 1.807) is 4.68 Å². The maximum Gasteiger partial charge on any atom is 0.264 e. The van der Waals surface area contributed by atoms with Gasteiger partial charge in [-0.25, -0.2) is 0 Å². The lowest BCUT2D eigenvalue weighted by Gasteiger charge is -2.07. The van der Waals surface area contributed by atoms with E-state index in [1.807, 2.05) is 19.9 Å². The molecule has 0 atom stereocenters. The van der Waals surface area contributed by atoms with E-state index in [2.05, 4.69) is 20.7 Å². The highest BCUT2D eigenvalue weighted by atomic mass is 16.5. The van der Waals surface area contributed by atoms with E-state index in [9.17, 15) is 9.59 Å². The van der Waals surface area contributed by atoms with Crippen molar-refractivity contribution in [3.8, 4) is 0 Å². The molecule has 0 aliphatic rings. The van der Waals surface area contributed by atoms with Crippen molar-refractivity contribution in [2.75, 3.05) is 13.7 Å². The zero-order valence-corrected chi connectivity index (χ0v) is 10.1. The third-order valence-corrected chi connectivity index (χ3v) is 2.01. The highest BCUT2D eigenvalue weighted by Gasteiger charge is 2.07. The normalized spacial score (nSPS) is 10.1. The van der Waals surface area contributed by atoms with Crippen molar-refractivity contribution in [2.24, 2.45) is 0 Å². The molecule has 2 amide bonds. The lowest BCUT2D eigenvalue weighted by Crippen LogP contribution is -2.44. The summed E-state index contributed by atoms with van der Waals surface area (Å²) in [5, 5.41) is 4.13. The van der Waals surface area contributed by atoms with Gasteiger partial charge in [-0.15, -0.1) is 0 Å². The summed E-state index contributed by atoms with van der Waals surface area (Å²) in [4.78, 5) is 22.5. The zero-order valence-electron chi connectivity index (χ0n) is 10.1. The first-order chi connectivity index (χ1) is 8.02. The Balaban J connectivity index is 2.40. The second kappa shape index (κ2) is 6.00. The average molecular weight is 240 g/mol. The minimum absolute atomic E-state index is 0.0624. The maximum atomic E-state index is 11.5. The lowest BCUT2D eigenvalue weighted by molar-refractivity contribution is -0.131. The minimum atomic E-state index is -0.408. The number of carbonyl (C=O) groups is 2. The number of hydrogen-bond donors (Lipinski definition) is 2. The summed E-state index contributed by atoms with van der Waals surface area (Å²) in [6.45, 7) is 3.67. The first kappa shape index (κ1) is 13.2. The summed E-state index contributed by atoms with van der Waals surface area (Å²) in [7, 11) is 1.40. The quantitative estimate of drug-likeness (QED) is 0.681. The number of rotatable bonds is 4. The van der Waals surface area contributed by atoms with Gasteiger partial charge in [-0.3, -0.25) is 25.1 Å². The molecule has 0 saturated heterocycles. The molecule has 7 heteroatoms. The predicted molar refractivity (Wildman–Crippen MR) is 59.9 cm³/mol. The van der Waals surface area contributed by atoms with E-state index in [0.717, 1.165) is 11.4 Å². The molecule has 1 aromatic rings. The maximum absolute atomic E-state index is 11.5. The Morgan fingerprint density at radius 2 is 2.00 bits per heavy atom. The van der Waals surface area contributed by atoms with Gasteiger partial charge in [-0.2, -0.15) is 5.10 Å². The molecule has 17 heavy (non-hydrogen) atoms. The molecule has 0 unspecified atom stereocenters. The Hall–Kier alpha value is -1.89. The van der Waals surface area contributed by atoms with Crippen LogP contribution in [0, 0.1) is 13.8 Å². The standard InChI is InChI=1S/C10H16N4O3/c1-7-4-8(2)14(13-7)5-9(15)11-12-10(16)6-17-3/h4H,5-6H2,1-3H3,(H,11,15)(H,12,16). The summed E-state index contributed by atoms with van der Waals surface area (Å²) in [5.41, 5.74) is 6.23. The topological polar surface area (TPSA) is 85.3 Å². The molecule has 1 aromatic heterocycles. The van der Waals surface area contributed by atoms with Crippen LogP contribution in [0.25, 0.3) is 0 Å². The van der Waals surface area contributed by atoms with Crippen LogP contribution in [0.2, 0.25) is 0 Å². The van der Waals surface area contributed by atoms with Crippen molar-refractivity contribution < 1.29 is 14.3 Å². The van der Waals surface area contributed by atoms with E-state index in [1.165, 1.54) is 7.11 Å². The van der Waals surface area contributed by atoms with Crippen LogP contribution in [0.5, 0.6) is 0 Å². The number of hydrogen-bond acceptors (Lipinski definition) is 4. The first-order valence-corrected chi connectivity index (χ1v) is 5.10. The number of hydrazine groups is 1. The minimum Gasteiger partial charge on any atom is -0.375 e. The van der Waals surface area contributed by atoms with Crippen molar-refractivity contribution in [3.63, 3.8) is 0 Å². The van der Waals surface area contributed by atoms with E-state index >= 15 is 0 Å². The molecule has 0 radical (unpaired) electrons. The zero-order chi connectivity index (χ0) is 12.8. The predicted octanol–water partition coefficient (Wildman–Crippen LogP) is -0.706. The van der Waals surface area contributed by atoms with Gasteiger partial charge in [0, 0.05) is 12.8 Å². The van der Waals surface area contributed by atoms with Crippen molar-refractivity contribution in [2.45, 2.75) is 20.4 Å². The smallest absolute Gasteiger partial charge is 0.264 e. The Morgan fingerprint density at radius 3 is 2.53 bits per heavy atom. The average Bonchev–Trinajstić information content (AvgIpc) is 2.55. The molecule has 0 bridgehead atoms. The van der Waals surface area contributed by atoms with Gasteiger partial charge in [0.1, 0.15) is 13.2 Å². The fourth-order valence-corrected chi connectivity index (χ4v) is 1.32. The molecule has 0 aliphatic heterocycles. The third-order valence-electron chi connectivity index (χ3n) is 2.01. The number of carbonyl (C=O) groups excluding carboxylic acids is 2. The van der Waals surface area contributed by atoms with E-state index in [0.29, 0.717) is 0 Å². The first-order valence-electron chi connectivity index (χ1n) is 5.10. The summed E-state index contributed by atoms with van der Waals surface area (Å²) >= 11 is 0. The van der Waals surface area contributed by atoms with Crippen LogP contribution in [0.15, 0.2) is 6.07 Å². The monoisotopic (exact) mass is 240 g/mol. The van der Waals surface area contributed by atoms with Crippen LogP contribution in [0.3, 0.4) is 0 Å². The fourth-order valence-electron chi connectivity index (χ4n) is 1.32. The molecular weight excluding hydrogens is 224 g/mol. The molecule has 7 nitrogen and oxygen atoms in total. The summed E-state index contributed by atoms with van der Waals surface area (Å²) in [6, 6.07) is 1.87. The summed E-state index contributed by atoms with van der Waals surface area (Å²) < 4.78 is 6.16. The SMILES string of the molecule is COCC(=O)NNC(=O)Cn1nc(C)cc1C. The molecular formula is C10H16N4O3. The van der Waals surface area contributed by atoms with Crippen LogP contribution in [-0.2, 0) is 20.9 Å². The highest BCUT2D eigenvalue weighted by Crippen LogP contribution is 2.00. The van der Waals surface area contributed by atoms with Gasteiger partial charge in [0.2, 0.25) is 0 Å². The molecule has 0 aromatic carbocycles. The summed E-state index contributed by atoms with van der Waals surface area (Å²) in [6.07, 6.45) is 0. The van der Waals surface area contributed by atoms with Gasteiger partial charge < -0.3 is 4.74 Å². The number of ether oxygens (including phenoxy) is 1. The number of aromatic nitrogens is 2. The molecule has 0 saturated carbocycles. The van der Waals surface area contributed by atoms with Crippen molar-refractivity contribution in [1.82, 2.24) is 20.6 Å². The Labute approximate surface area is 99.1 Å². The van der Waals surface area contributed by atoms with Crippen LogP contribution in [0.1, 0.15) is 11.4 Å². The van der Waals surface area contributed by atoms with Crippen molar-refractivity contribution in [3.05, 3.63) is 17.5 Å². The summed E-state index contributed by atoms with van der Waals surface area (Å²) in [5.74, 6) is -0.755. The van der Waals surface area contributed by atoms with Gasteiger partial charge >= 0.3 is 0 Å². The number of aryl methyl sites for hydroxylation is 2. The van der Waals surface area contributed by atoms with E-state index < -0.39 is 5.91 Å². The van der Waals surface area contributed by atoms with Crippen molar-refractivity contribution in [1.29, 1.82) is 0 Å². The number of nitrogens with one attached hydrogen (secondary N) is 2. The second-order valence-corrected chi connectivity index (χ2v) is 3.61. The molecule has 1 rings (SSSR count). The van der Waals surface area contributed by atoms with Gasteiger partial charge in [0.15, 0.2) is 0 Å². The Morgan fingerprint density at radius 1 is 1.35 bits per heavy atom. The number of nitrogens with zero attached hydrogens (tertiary/aromatic N) is 2. The largest absolute Gasteiger partial charge is 0.375 e. The highest BCUT2D eigenvalue weighted by molar-refractivity contribution is 5.82. The number of amides is 2. The number of methoxy groups -OCH3 is 1. The van der Waals surface area contributed by atoms with Crippen LogP contribution in [0.4, 0.5) is 0 Å². The van der Waals surface area contributed by atoms with E-state index in [4.69, 9.17) is 0 Å². The Kier molecular flexibility index (Phi) is 4.65. The second-order valence-electron chi connectivity index (χ2n) is 3.61. The van der Waals surface area contributed by atoms with Crippen LogP contribution >= 0.6 is 0 Å². The lowest BCUT2D eigenvalue weighted by atomic mass is 10.4. The molecule has 94 valence electrons. The van der Waals surface area contributed by atoms with Crippen molar-refractivity contribution >= 4 is 11.8 Å². The molecule has 1 heterocycles. The Bertz CT molecular complexity index is 414. The van der Waals surface area contributed by atoms with E-state index in [-0.39, 0.29) is 19.1 Å². The molecule has 0 fully saturated rings. The third kappa shape index (κ3) is 4.23. The van der Waals surface area contributed by atoms with Crippen LogP contribution in [-0.4, -0.2) is 35.3 Å². The van der Waals surface area contributed by atoms with Gasteiger partial charge in [-0.1, -0.05) is 0 Å². The molecule has 2 N–H and O–H groups in total. The fraction of sp³-hybridized carbons (Fsp3) is 0.500. The molecule has 0 spiro atoms. The van der Waals surface area contributed by atoms with Gasteiger partial charge in [0.05, 0.1) is 5.69 Å². The molecule has 0 aliphatic carbocycles. The van der Waals surface area contributed by atoms with Gasteiger partial charge in [-0.05, 0) is 19.9 Å². The van der Waals surface area contributed by atoms with Gasteiger partial charge in [0.25, 0.3) is 11.8 Å². The van der Waals surface area contributed by atoms with Crippen LogP contribution < -0.4 is 10.9 Å².